The maximum absolute atomic E-state index is 12.1. The predicted molar refractivity (Wildman–Crippen MR) is 93.2 cm³/mol. The number of hydrogen-bond acceptors (Lipinski definition) is 6. The number of imidazole rings is 1. The van der Waals surface area contributed by atoms with E-state index in [9.17, 15) is 14.4 Å². The number of aromatic amines is 1. The fourth-order valence-electron chi connectivity index (χ4n) is 2.55. The number of fused-ring (bicyclic) bond motifs is 1. The molecule has 0 saturated carbocycles. The van der Waals surface area contributed by atoms with Gasteiger partial charge in [0.2, 0.25) is 0 Å². The van der Waals surface area contributed by atoms with E-state index in [0.717, 1.165) is 4.57 Å². The summed E-state index contributed by atoms with van der Waals surface area (Å²) in [5, 5.41) is 6.47. The average Bonchev–Trinajstić information content (AvgIpc) is 3.25. The van der Waals surface area contributed by atoms with Gasteiger partial charge in [-0.2, -0.15) is 0 Å². The molecule has 0 radical (unpaired) electrons. The first kappa shape index (κ1) is 17.6. The highest BCUT2D eigenvalue weighted by molar-refractivity contribution is 5.92. The molecule has 0 fully saturated rings. The Morgan fingerprint density at radius 2 is 2.04 bits per heavy atom. The molecule has 10 heteroatoms. The van der Waals surface area contributed by atoms with Gasteiger partial charge >= 0.3 is 5.69 Å². The summed E-state index contributed by atoms with van der Waals surface area (Å²) >= 11 is 0. The highest BCUT2D eigenvalue weighted by Gasteiger charge is 2.15. The number of nitrogens with zero attached hydrogens (tertiary/aromatic N) is 4. The van der Waals surface area contributed by atoms with Crippen molar-refractivity contribution >= 4 is 17.1 Å². The molecule has 3 rings (SSSR count). The first-order valence-corrected chi connectivity index (χ1v) is 8.19. The number of aryl methyl sites for hydroxylation is 1. The number of hydrogen-bond donors (Lipinski definition) is 2. The molecule has 0 bridgehead atoms. The third kappa shape index (κ3) is 3.05. The van der Waals surface area contributed by atoms with E-state index >= 15 is 0 Å². The van der Waals surface area contributed by atoms with Crippen LogP contribution in [0.1, 0.15) is 41.8 Å². The largest absolute Gasteiger partial charge is 0.360 e. The normalized spacial score (nSPS) is 11.4. The first-order valence-electron chi connectivity index (χ1n) is 8.19. The molecule has 0 unspecified atom stereocenters. The Labute approximate surface area is 147 Å². The van der Waals surface area contributed by atoms with Crippen LogP contribution in [0.15, 0.2) is 20.2 Å². The summed E-state index contributed by atoms with van der Waals surface area (Å²) < 4.78 is 7.42. The van der Waals surface area contributed by atoms with Gasteiger partial charge in [-0.1, -0.05) is 19.0 Å². The highest BCUT2D eigenvalue weighted by Crippen LogP contribution is 2.14. The molecule has 0 atom stereocenters. The smallest absolute Gasteiger partial charge is 0.332 e. The summed E-state index contributed by atoms with van der Waals surface area (Å²) in [5.74, 6) is 0.944. The van der Waals surface area contributed by atoms with E-state index in [4.69, 9.17) is 4.52 Å². The van der Waals surface area contributed by atoms with Crippen LogP contribution in [0, 0.1) is 0 Å². The average molecular weight is 360 g/mol. The molecule has 0 aliphatic carbocycles. The van der Waals surface area contributed by atoms with Crippen molar-refractivity contribution in [3.8, 4) is 0 Å². The summed E-state index contributed by atoms with van der Waals surface area (Å²) in [4.78, 5) is 43.3. The number of rotatable bonds is 5. The second-order valence-corrected chi connectivity index (χ2v) is 6.36. The van der Waals surface area contributed by atoms with Gasteiger partial charge in [-0.15, -0.1) is 0 Å². The van der Waals surface area contributed by atoms with Gasteiger partial charge in [0.15, 0.2) is 11.3 Å². The van der Waals surface area contributed by atoms with E-state index in [-0.39, 0.29) is 35.2 Å². The van der Waals surface area contributed by atoms with E-state index < -0.39 is 11.2 Å². The Morgan fingerprint density at radius 1 is 1.31 bits per heavy atom. The molecule has 3 aromatic heterocycles. The van der Waals surface area contributed by atoms with Gasteiger partial charge < -0.3 is 14.8 Å². The lowest BCUT2D eigenvalue weighted by Crippen LogP contribution is -2.36. The number of amides is 1. The minimum atomic E-state index is -0.444. The van der Waals surface area contributed by atoms with Gasteiger partial charge in [-0.05, 0) is 0 Å². The molecule has 10 nitrogen and oxygen atoms in total. The quantitative estimate of drug-likeness (QED) is 0.661. The second kappa shape index (κ2) is 6.62. The Bertz CT molecular complexity index is 1080. The Morgan fingerprint density at radius 3 is 2.69 bits per heavy atom. The van der Waals surface area contributed by atoms with Crippen molar-refractivity contribution in [1.82, 2.24) is 29.6 Å². The van der Waals surface area contributed by atoms with Crippen molar-refractivity contribution in [3.63, 3.8) is 0 Å². The van der Waals surface area contributed by atoms with Crippen molar-refractivity contribution in [3.05, 3.63) is 44.2 Å². The van der Waals surface area contributed by atoms with Crippen molar-refractivity contribution in [2.24, 2.45) is 14.1 Å². The fourth-order valence-corrected chi connectivity index (χ4v) is 2.55. The molecule has 0 aliphatic heterocycles. The number of nitrogens with one attached hydrogen (secondary N) is 2. The van der Waals surface area contributed by atoms with Crippen LogP contribution in [0.3, 0.4) is 0 Å². The molecule has 1 amide bonds. The molecular formula is C16H20N6O4. The van der Waals surface area contributed by atoms with E-state index in [0.29, 0.717) is 18.0 Å². The number of carbonyl (C=O) groups excluding carboxylic acids is 1. The van der Waals surface area contributed by atoms with Crippen LogP contribution in [0.25, 0.3) is 11.2 Å². The summed E-state index contributed by atoms with van der Waals surface area (Å²) in [6.45, 7) is 4.18. The van der Waals surface area contributed by atoms with Crippen molar-refractivity contribution < 1.29 is 9.32 Å². The van der Waals surface area contributed by atoms with Crippen LogP contribution in [0.5, 0.6) is 0 Å². The Kier molecular flexibility index (Phi) is 4.49. The van der Waals surface area contributed by atoms with Crippen molar-refractivity contribution in [2.75, 3.05) is 6.54 Å². The lowest BCUT2D eigenvalue weighted by atomic mass is 10.1. The summed E-state index contributed by atoms with van der Waals surface area (Å²) in [6, 6.07) is 1.61. The zero-order chi connectivity index (χ0) is 19.0. The first-order chi connectivity index (χ1) is 12.3. The molecule has 0 spiro atoms. The summed E-state index contributed by atoms with van der Waals surface area (Å²) in [6.07, 6.45) is 0.368. The zero-order valence-corrected chi connectivity index (χ0v) is 15.0. The van der Waals surface area contributed by atoms with Gasteiger partial charge in [0, 0.05) is 39.0 Å². The van der Waals surface area contributed by atoms with Crippen LogP contribution < -0.4 is 16.6 Å². The van der Waals surface area contributed by atoms with E-state index in [1.807, 2.05) is 13.8 Å². The number of aromatic nitrogens is 5. The third-order valence-corrected chi connectivity index (χ3v) is 4.12. The monoisotopic (exact) mass is 360 g/mol. The van der Waals surface area contributed by atoms with Gasteiger partial charge in [0.1, 0.15) is 17.1 Å². The molecular weight excluding hydrogens is 340 g/mol. The number of H-pyrrole nitrogens is 1. The molecule has 3 aromatic rings. The minimum absolute atomic E-state index is 0.147. The molecule has 3 heterocycles. The van der Waals surface area contributed by atoms with Gasteiger partial charge in [-0.25, -0.2) is 9.78 Å². The van der Waals surface area contributed by atoms with Crippen LogP contribution in [0.2, 0.25) is 0 Å². The standard InChI is InChI=1S/C16H20N6O4/c1-8(2)10-7-9(20-26-10)14(23)17-6-5-11-18-12-13(19-11)21(3)16(25)22(4)15(12)24/h7-8H,5-6H2,1-4H3,(H,17,23)(H,18,19). The predicted octanol–water partition coefficient (Wildman–Crippen LogP) is 0.0442. The van der Waals surface area contributed by atoms with Crippen LogP contribution in [-0.2, 0) is 20.5 Å². The highest BCUT2D eigenvalue weighted by atomic mass is 16.5. The lowest BCUT2D eigenvalue weighted by molar-refractivity contribution is 0.0945. The zero-order valence-electron chi connectivity index (χ0n) is 15.0. The van der Waals surface area contributed by atoms with Gasteiger partial charge in [0.05, 0.1) is 0 Å². The second-order valence-electron chi connectivity index (χ2n) is 6.36. The molecule has 0 aliphatic rings. The number of carbonyl (C=O) groups is 1. The van der Waals surface area contributed by atoms with Crippen molar-refractivity contribution in [1.29, 1.82) is 0 Å². The molecule has 2 N–H and O–H groups in total. The van der Waals surface area contributed by atoms with Crippen molar-refractivity contribution in [2.45, 2.75) is 26.2 Å². The maximum atomic E-state index is 12.1. The van der Waals surface area contributed by atoms with Crippen LogP contribution >= 0.6 is 0 Å². The molecule has 0 saturated heterocycles. The lowest BCUT2D eigenvalue weighted by Gasteiger charge is -2.00. The fraction of sp³-hybridized carbons (Fsp3) is 0.438. The van der Waals surface area contributed by atoms with Gasteiger partial charge in [0.25, 0.3) is 11.5 Å². The van der Waals surface area contributed by atoms with E-state index in [1.165, 1.54) is 11.6 Å². The topological polar surface area (TPSA) is 128 Å². The summed E-state index contributed by atoms with van der Waals surface area (Å²) in [5.41, 5.74) is -0.114. The van der Waals surface area contributed by atoms with Gasteiger partial charge in [-0.3, -0.25) is 18.7 Å². The van der Waals surface area contributed by atoms with Crippen LogP contribution in [0.4, 0.5) is 0 Å². The Hall–Kier alpha value is -3.17. The molecule has 26 heavy (non-hydrogen) atoms. The van der Waals surface area contributed by atoms with Crippen LogP contribution in [-0.4, -0.2) is 36.7 Å². The molecule has 138 valence electrons. The van der Waals surface area contributed by atoms with E-state index in [1.54, 1.807) is 13.1 Å². The molecule has 0 aromatic carbocycles. The van der Waals surface area contributed by atoms with E-state index in [2.05, 4.69) is 20.4 Å². The summed E-state index contributed by atoms with van der Waals surface area (Å²) in [7, 11) is 2.96. The minimum Gasteiger partial charge on any atom is -0.360 e. The maximum Gasteiger partial charge on any atom is 0.332 e. The SMILES string of the molecule is CC(C)c1cc(C(=O)NCCc2nc3c([nH]2)c(=O)n(C)c(=O)n3C)no1. The Balaban J connectivity index is 1.71. The third-order valence-electron chi connectivity index (χ3n) is 4.12.